The van der Waals surface area contributed by atoms with Crippen LogP contribution in [0, 0.1) is 28.6 Å². The van der Waals surface area contributed by atoms with Gasteiger partial charge >= 0.3 is 5.97 Å². The summed E-state index contributed by atoms with van der Waals surface area (Å²) >= 11 is 0. The zero-order valence-electron chi connectivity index (χ0n) is 16.7. The molecule has 5 heteroatoms. The molecule has 1 spiro atoms. The molecular weight excluding hydrogens is 352 g/mol. The number of likely N-dealkylation sites (tertiary alicyclic amines) is 1. The van der Waals surface area contributed by atoms with Crippen molar-refractivity contribution < 1.29 is 14.7 Å². The number of aliphatic carboxylic acids is 1. The maximum atomic E-state index is 12.7. The number of benzene rings is 1. The van der Waals surface area contributed by atoms with Crippen LogP contribution in [0.25, 0.3) is 0 Å². The molecule has 1 heterocycles. The molecule has 0 aromatic heterocycles. The average Bonchev–Trinajstić information content (AvgIpc) is 2.73. The number of nitrogens with zero attached hydrogens (tertiary/aromatic N) is 2. The Morgan fingerprint density at radius 3 is 2.29 bits per heavy atom. The summed E-state index contributed by atoms with van der Waals surface area (Å²) in [7, 11) is 0. The molecule has 28 heavy (non-hydrogen) atoms. The number of rotatable bonds is 5. The molecular formula is C23H30N2O3. The average molecular weight is 383 g/mol. The summed E-state index contributed by atoms with van der Waals surface area (Å²) in [6, 6.07) is 8.95. The minimum Gasteiger partial charge on any atom is -0.481 e. The molecule has 3 rings (SSSR count). The third kappa shape index (κ3) is 4.55. The number of hydrogen-bond donors (Lipinski definition) is 1. The maximum Gasteiger partial charge on any atom is 0.303 e. The van der Waals surface area contributed by atoms with Crippen LogP contribution in [0.5, 0.6) is 0 Å². The molecule has 2 aliphatic rings. The first-order valence-corrected chi connectivity index (χ1v) is 10.5. The molecule has 1 aromatic carbocycles. The summed E-state index contributed by atoms with van der Waals surface area (Å²) in [6.45, 7) is 3.68. The van der Waals surface area contributed by atoms with Crippen LogP contribution in [0.15, 0.2) is 24.3 Å². The van der Waals surface area contributed by atoms with E-state index in [1.165, 1.54) is 0 Å². The Kier molecular flexibility index (Phi) is 6.39. The summed E-state index contributed by atoms with van der Waals surface area (Å²) < 4.78 is 0. The van der Waals surface area contributed by atoms with Gasteiger partial charge in [0.05, 0.1) is 11.6 Å². The highest BCUT2D eigenvalue weighted by Gasteiger charge is 2.40. The van der Waals surface area contributed by atoms with E-state index in [-0.39, 0.29) is 5.91 Å². The summed E-state index contributed by atoms with van der Waals surface area (Å²) in [6.07, 6.45) is 7.87. The second kappa shape index (κ2) is 8.77. The van der Waals surface area contributed by atoms with E-state index in [1.54, 1.807) is 24.3 Å². The molecule has 2 fully saturated rings. The van der Waals surface area contributed by atoms with Gasteiger partial charge in [0.2, 0.25) is 0 Å². The second-order valence-corrected chi connectivity index (χ2v) is 8.58. The van der Waals surface area contributed by atoms with Crippen molar-refractivity contribution in [2.24, 2.45) is 17.3 Å². The fourth-order valence-corrected chi connectivity index (χ4v) is 5.15. The topological polar surface area (TPSA) is 81.4 Å². The zero-order chi connectivity index (χ0) is 20.1. The molecule has 0 radical (unpaired) electrons. The summed E-state index contributed by atoms with van der Waals surface area (Å²) in [5, 5.41) is 18.0. The van der Waals surface area contributed by atoms with Gasteiger partial charge in [0.25, 0.3) is 5.91 Å². The smallest absolute Gasteiger partial charge is 0.303 e. The van der Waals surface area contributed by atoms with Gasteiger partial charge in [-0.2, -0.15) is 5.26 Å². The third-order valence-electron chi connectivity index (χ3n) is 7.09. The Morgan fingerprint density at radius 2 is 1.79 bits per heavy atom. The normalized spacial score (nSPS) is 20.5. The number of carboxylic acid groups (broad SMARTS) is 1. The largest absolute Gasteiger partial charge is 0.481 e. The number of piperidine rings is 1. The van der Waals surface area contributed by atoms with Crippen molar-refractivity contribution in [3.8, 4) is 6.07 Å². The van der Waals surface area contributed by atoms with E-state index in [9.17, 15) is 9.59 Å². The lowest BCUT2D eigenvalue weighted by atomic mass is 9.63. The number of carboxylic acids is 1. The van der Waals surface area contributed by atoms with Crippen molar-refractivity contribution in [2.45, 2.75) is 58.3 Å². The number of carbonyl (C=O) groups excluding carboxylic acids is 1. The quantitative estimate of drug-likeness (QED) is 0.814. The van der Waals surface area contributed by atoms with Crippen LogP contribution in [0.1, 0.15) is 74.2 Å². The van der Waals surface area contributed by atoms with E-state index in [2.05, 4.69) is 13.0 Å². The third-order valence-corrected chi connectivity index (χ3v) is 7.09. The van der Waals surface area contributed by atoms with E-state index in [0.29, 0.717) is 34.8 Å². The van der Waals surface area contributed by atoms with Gasteiger partial charge in [-0.25, -0.2) is 0 Å². The highest BCUT2D eigenvalue weighted by atomic mass is 16.4. The fourth-order valence-electron chi connectivity index (χ4n) is 5.15. The lowest BCUT2D eigenvalue weighted by molar-refractivity contribution is -0.138. The molecule has 0 bridgehead atoms. The van der Waals surface area contributed by atoms with E-state index in [4.69, 9.17) is 10.4 Å². The number of amides is 1. The maximum absolute atomic E-state index is 12.7. The van der Waals surface area contributed by atoms with Crippen LogP contribution in [0.3, 0.4) is 0 Å². The highest BCUT2D eigenvalue weighted by molar-refractivity contribution is 5.94. The van der Waals surface area contributed by atoms with Crippen molar-refractivity contribution in [1.82, 2.24) is 4.90 Å². The van der Waals surface area contributed by atoms with E-state index >= 15 is 0 Å². The Hall–Kier alpha value is -2.35. The summed E-state index contributed by atoms with van der Waals surface area (Å²) in [5.41, 5.74) is 1.55. The van der Waals surface area contributed by atoms with E-state index in [0.717, 1.165) is 58.0 Å². The Labute approximate surface area is 167 Å². The van der Waals surface area contributed by atoms with Gasteiger partial charge in [-0.05, 0) is 80.0 Å². The van der Waals surface area contributed by atoms with Gasteiger partial charge in [0.1, 0.15) is 0 Å². The fraction of sp³-hybridized carbons (Fsp3) is 0.609. The van der Waals surface area contributed by atoms with Gasteiger partial charge in [-0.15, -0.1) is 0 Å². The van der Waals surface area contributed by atoms with Crippen LogP contribution >= 0.6 is 0 Å². The zero-order valence-corrected chi connectivity index (χ0v) is 16.7. The molecule has 5 nitrogen and oxygen atoms in total. The van der Waals surface area contributed by atoms with Crippen LogP contribution in [-0.4, -0.2) is 35.0 Å². The number of nitriles is 1. The molecule has 1 aromatic rings. The first-order chi connectivity index (χ1) is 13.5. The Bertz CT molecular complexity index is 732. The van der Waals surface area contributed by atoms with Crippen LogP contribution in [0.4, 0.5) is 0 Å². The lowest BCUT2D eigenvalue weighted by Gasteiger charge is -2.47. The minimum absolute atomic E-state index is 0.0560. The predicted octanol–water partition coefficient (Wildman–Crippen LogP) is 4.47. The predicted molar refractivity (Wildman–Crippen MR) is 107 cm³/mol. The van der Waals surface area contributed by atoms with Gasteiger partial charge in [-0.1, -0.05) is 13.3 Å². The molecule has 1 atom stereocenters. The van der Waals surface area contributed by atoms with Gasteiger partial charge in [0, 0.05) is 25.1 Å². The molecule has 1 N–H and O–H groups in total. The Morgan fingerprint density at radius 1 is 1.18 bits per heavy atom. The van der Waals surface area contributed by atoms with Crippen molar-refractivity contribution in [1.29, 1.82) is 5.26 Å². The van der Waals surface area contributed by atoms with Crippen molar-refractivity contribution in [3.05, 3.63) is 35.4 Å². The van der Waals surface area contributed by atoms with E-state index in [1.807, 2.05) is 4.90 Å². The van der Waals surface area contributed by atoms with E-state index < -0.39 is 5.97 Å². The first-order valence-electron chi connectivity index (χ1n) is 10.5. The molecule has 1 aliphatic heterocycles. The molecule has 1 amide bonds. The van der Waals surface area contributed by atoms with Gasteiger partial charge in [-0.3, -0.25) is 9.59 Å². The standard InChI is InChI=1S/C23H30N2O3/c1-2-18(15-21(26)27)19-7-9-23(10-8-19)11-13-25(14-12-23)22(28)20-5-3-17(16-24)4-6-20/h3-6,18-19H,2,7-15H2,1H3,(H,26,27). The molecule has 1 saturated heterocycles. The van der Waals surface area contributed by atoms with Crippen molar-refractivity contribution in [3.63, 3.8) is 0 Å². The first kappa shape index (κ1) is 20.4. The molecule has 1 unspecified atom stereocenters. The van der Waals surface area contributed by atoms with Crippen LogP contribution in [-0.2, 0) is 4.79 Å². The second-order valence-electron chi connectivity index (χ2n) is 8.58. The summed E-state index contributed by atoms with van der Waals surface area (Å²) in [5.74, 6) is 0.209. The summed E-state index contributed by atoms with van der Waals surface area (Å²) in [4.78, 5) is 25.8. The lowest BCUT2D eigenvalue weighted by Crippen LogP contribution is -2.45. The number of carbonyl (C=O) groups is 2. The molecule has 1 saturated carbocycles. The molecule has 150 valence electrons. The highest BCUT2D eigenvalue weighted by Crippen LogP contribution is 2.48. The minimum atomic E-state index is -0.679. The Balaban J connectivity index is 1.53. The van der Waals surface area contributed by atoms with Crippen molar-refractivity contribution >= 4 is 11.9 Å². The van der Waals surface area contributed by atoms with Gasteiger partial charge < -0.3 is 10.0 Å². The van der Waals surface area contributed by atoms with Crippen LogP contribution in [0.2, 0.25) is 0 Å². The monoisotopic (exact) mass is 382 g/mol. The van der Waals surface area contributed by atoms with Gasteiger partial charge in [0.15, 0.2) is 0 Å². The molecule has 1 aliphatic carbocycles. The number of hydrogen-bond acceptors (Lipinski definition) is 3. The van der Waals surface area contributed by atoms with Crippen molar-refractivity contribution in [2.75, 3.05) is 13.1 Å². The SMILES string of the molecule is CCC(CC(=O)O)C1CCC2(CC1)CCN(C(=O)c1ccc(C#N)cc1)CC2. The van der Waals surface area contributed by atoms with Crippen LogP contribution < -0.4 is 0 Å².